The van der Waals surface area contributed by atoms with Crippen molar-refractivity contribution in [2.45, 2.75) is 0 Å². The topological polar surface area (TPSA) is 136 Å². The van der Waals surface area contributed by atoms with Gasteiger partial charge in [-0.2, -0.15) is 10.5 Å². The predicted octanol–water partition coefficient (Wildman–Crippen LogP) is 9.64. The Bertz CT molecular complexity index is 2430. The largest absolute Gasteiger partial charge is 0.435 e. The highest BCUT2D eigenvalue weighted by Crippen LogP contribution is 2.42. The first-order chi connectivity index (χ1) is 24.7. The van der Waals surface area contributed by atoms with Crippen LogP contribution in [0.25, 0.3) is 32.8 Å². The number of nitriles is 2. The van der Waals surface area contributed by atoms with Gasteiger partial charge in [-0.25, -0.2) is 19.9 Å². The van der Waals surface area contributed by atoms with Crippen LogP contribution in [0.3, 0.4) is 0 Å². The molecule has 0 saturated carbocycles. The molecule has 10 nitrogen and oxygen atoms in total. The monoisotopic (exact) mass is 650 g/mol. The van der Waals surface area contributed by atoms with E-state index < -0.39 is 0 Å². The van der Waals surface area contributed by atoms with E-state index in [9.17, 15) is 10.5 Å². The molecule has 0 spiro atoms. The molecule has 236 valence electrons. The van der Waals surface area contributed by atoms with Crippen molar-refractivity contribution < 1.29 is 18.9 Å². The molecule has 6 aromatic carbocycles. The van der Waals surface area contributed by atoms with Gasteiger partial charge in [-0.15, -0.1) is 0 Å². The van der Waals surface area contributed by atoms with Crippen molar-refractivity contribution in [2.75, 3.05) is 0 Å². The van der Waals surface area contributed by atoms with Gasteiger partial charge in [-0.05, 0) is 60.7 Å². The van der Waals surface area contributed by atoms with Crippen LogP contribution in [0.5, 0.6) is 46.5 Å². The zero-order valence-electron chi connectivity index (χ0n) is 26.0. The molecular weight excluding hydrogens is 628 g/mol. The SMILES string of the molecule is N#Cc1cc2c(cc1C#N)c1nc(Oc3ccccc3)c(Oc3ccccc3)nc1c1nc(Oc3ccccc3)c(Oc3ccccc3)nc21. The summed E-state index contributed by atoms with van der Waals surface area (Å²) in [4.78, 5) is 19.8. The summed E-state index contributed by atoms with van der Waals surface area (Å²) in [5.74, 6) is 2.32. The molecular formula is C40H22N6O4. The first-order valence-electron chi connectivity index (χ1n) is 15.4. The summed E-state index contributed by atoms with van der Waals surface area (Å²) in [5, 5.41) is 21.0. The van der Waals surface area contributed by atoms with Gasteiger partial charge in [0.15, 0.2) is 0 Å². The molecule has 0 amide bonds. The van der Waals surface area contributed by atoms with Gasteiger partial charge in [-0.3, -0.25) is 0 Å². The van der Waals surface area contributed by atoms with Crippen LogP contribution in [0.1, 0.15) is 11.1 Å². The molecule has 8 rings (SSSR count). The molecule has 10 heteroatoms. The second-order valence-corrected chi connectivity index (χ2v) is 10.9. The van der Waals surface area contributed by atoms with Crippen LogP contribution in [0.15, 0.2) is 133 Å². The molecule has 0 aliphatic carbocycles. The number of hydrogen-bond acceptors (Lipinski definition) is 10. The fourth-order valence-electron chi connectivity index (χ4n) is 5.36. The fourth-order valence-corrected chi connectivity index (χ4v) is 5.36. The molecule has 8 aromatic rings. The van der Waals surface area contributed by atoms with Gasteiger partial charge in [0.1, 0.15) is 57.2 Å². The van der Waals surface area contributed by atoms with E-state index in [1.54, 1.807) is 60.7 Å². The number of benzene rings is 6. The lowest BCUT2D eigenvalue weighted by molar-refractivity contribution is 0.394. The highest BCUT2D eigenvalue weighted by Gasteiger charge is 2.24. The van der Waals surface area contributed by atoms with Crippen molar-refractivity contribution >= 4 is 32.8 Å². The number of aromatic nitrogens is 4. The lowest BCUT2D eigenvalue weighted by atomic mass is 9.99. The molecule has 0 fully saturated rings. The van der Waals surface area contributed by atoms with Gasteiger partial charge in [0.25, 0.3) is 23.5 Å². The fraction of sp³-hybridized carbons (Fsp3) is 0. The minimum atomic E-state index is 0.0688. The Kier molecular flexibility index (Phi) is 7.70. The Hall–Kier alpha value is -7.56. The number of ether oxygens (including phenoxy) is 4. The number of hydrogen-bond donors (Lipinski definition) is 0. The molecule has 0 N–H and O–H groups in total. The summed E-state index contributed by atoms with van der Waals surface area (Å²) < 4.78 is 25.0. The second-order valence-electron chi connectivity index (χ2n) is 10.9. The first-order valence-corrected chi connectivity index (χ1v) is 15.4. The average Bonchev–Trinajstić information content (AvgIpc) is 3.17. The Morgan fingerprint density at radius 1 is 0.360 bits per heavy atom. The van der Waals surface area contributed by atoms with Crippen molar-refractivity contribution in [1.82, 2.24) is 19.9 Å². The van der Waals surface area contributed by atoms with E-state index in [-0.39, 0.29) is 34.6 Å². The van der Waals surface area contributed by atoms with Crippen LogP contribution in [-0.4, -0.2) is 19.9 Å². The lowest BCUT2D eigenvalue weighted by Gasteiger charge is -2.16. The first kappa shape index (κ1) is 29.8. The summed E-state index contributed by atoms with van der Waals surface area (Å²) in [6.07, 6.45) is 0. The van der Waals surface area contributed by atoms with Crippen molar-refractivity contribution in [3.63, 3.8) is 0 Å². The van der Waals surface area contributed by atoms with Crippen LogP contribution in [0.2, 0.25) is 0 Å². The van der Waals surface area contributed by atoms with Gasteiger partial charge < -0.3 is 18.9 Å². The van der Waals surface area contributed by atoms with Gasteiger partial charge in [0, 0.05) is 10.8 Å². The zero-order valence-corrected chi connectivity index (χ0v) is 26.0. The third-order valence-electron chi connectivity index (χ3n) is 7.63. The Morgan fingerprint density at radius 2 is 0.620 bits per heavy atom. The van der Waals surface area contributed by atoms with E-state index in [4.69, 9.17) is 38.9 Å². The number of rotatable bonds is 8. The summed E-state index contributed by atoms with van der Waals surface area (Å²) in [7, 11) is 0. The quantitative estimate of drug-likeness (QED) is 0.146. The Balaban J connectivity index is 1.46. The summed E-state index contributed by atoms with van der Waals surface area (Å²) >= 11 is 0. The van der Waals surface area contributed by atoms with E-state index in [0.717, 1.165) is 0 Å². The maximum absolute atomic E-state index is 9.99. The molecule has 2 aromatic heterocycles. The summed E-state index contributed by atoms with van der Waals surface area (Å²) in [5.41, 5.74) is 1.60. The average molecular weight is 651 g/mol. The molecule has 0 unspecified atom stereocenters. The van der Waals surface area contributed by atoms with Gasteiger partial charge in [0.2, 0.25) is 0 Å². The standard InChI is InChI=1S/C40H22N6O4/c41-23-25-21-31-32(22-26(25)24-42)34-36(46-40(50-30-19-11-4-12-20-30)38(44-34)48-28-15-7-2-8-16-28)35-33(31)43-37(47-27-13-5-1-6-14-27)39(45-35)49-29-17-9-3-10-18-29/h1-22H. The molecule has 0 atom stereocenters. The van der Waals surface area contributed by atoms with E-state index >= 15 is 0 Å². The Morgan fingerprint density at radius 3 is 0.880 bits per heavy atom. The molecule has 50 heavy (non-hydrogen) atoms. The molecule has 2 heterocycles. The van der Waals surface area contributed by atoms with Crippen LogP contribution in [0, 0.1) is 22.7 Å². The molecule has 0 saturated heterocycles. The van der Waals surface area contributed by atoms with E-state index in [1.807, 2.05) is 72.8 Å². The van der Waals surface area contributed by atoms with Crippen LogP contribution >= 0.6 is 0 Å². The maximum atomic E-state index is 9.99. The van der Waals surface area contributed by atoms with Crippen molar-refractivity contribution in [1.29, 1.82) is 10.5 Å². The molecule has 0 aliphatic rings. The highest BCUT2D eigenvalue weighted by atomic mass is 16.5. The van der Waals surface area contributed by atoms with Crippen LogP contribution < -0.4 is 18.9 Å². The van der Waals surface area contributed by atoms with Gasteiger partial charge in [-0.1, -0.05) is 72.8 Å². The number of para-hydroxylation sites is 4. The summed E-state index contributed by atoms with van der Waals surface area (Å²) in [6, 6.07) is 44.0. The molecule has 0 bridgehead atoms. The third-order valence-corrected chi connectivity index (χ3v) is 7.63. The number of nitrogens with zero attached hydrogens (tertiary/aromatic N) is 6. The predicted molar refractivity (Wildman–Crippen MR) is 186 cm³/mol. The third kappa shape index (κ3) is 5.77. The smallest absolute Gasteiger partial charge is 0.284 e. The lowest BCUT2D eigenvalue weighted by Crippen LogP contribution is -2.02. The second kappa shape index (κ2) is 12.9. The highest BCUT2D eigenvalue weighted by molar-refractivity contribution is 6.21. The molecule has 0 aliphatic heterocycles. The van der Waals surface area contributed by atoms with Crippen molar-refractivity contribution in [2.24, 2.45) is 0 Å². The van der Waals surface area contributed by atoms with Crippen LogP contribution in [-0.2, 0) is 0 Å². The molecule has 0 radical (unpaired) electrons. The normalized spacial score (nSPS) is 10.8. The van der Waals surface area contributed by atoms with Gasteiger partial charge >= 0.3 is 0 Å². The number of fused-ring (bicyclic) bond motifs is 6. The zero-order chi connectivity index (χ0) is 33.9. The minimum absolute atomic E-state index is 0.0688. The van der Waals surface area contributed by atoms with Crippen molar-refractivity contribution in [3.05, 3.63) is 145 Å². The van der Waals surface area contributed by atoms with E-state index in [0.29, 0.717) is 55.8 Å². The summed E-state index contributed by atoms with van der Waals surface area (Å²) in [6.45, 7) is 0. The van der Waals surface area contributed by atoms with Crippen LogP contribution in [0.4, 0.5) is 0 Å². The van der Waals surface area contributed by atoms with Gasteiger partial charge in [0.05, 0.1) is 11.1 Å². The minimum Gasteiger partial charge on any atom is -0.435 e. The van der Waals surface area contributed by atoms with E-state index in [2.05, 4.69) is 12.1 Å². The maximum Gasteiger partial charge on any atom is 0.284 e. The van der Waals surface area contributed by atoms with E-state index in [1.165, 1.54) is 0 Å². The Labute approximate surface area is 285 Å². The van der Waals surface area contributed by atoms with Crippen molar-refractivity contribution in [3.8, 4) is 58.7 Å².